The van der Waals surface area contributed by atoms with E-state index < -0.39 is 5.97 Å². The normalized spacial score (nSPS) is 20.1. The quantitative estimate of drug-likeness (QED) is 0.935. The molecular weight excluding hydrogens is 293 g/mol. The number of hydrogen-bond acceptors (Lipinski definition) is 2. The summed E-state index contributed by atoms with van der Waals surface area (Å²) in [6.07, 6.45) is 1.58. The largest absolute Gasteiger partial charge is 0.481 e. The second-order valence-electron chi connectivity index (χ2n) is 6.04. The first-order valence-corrected chi connectivity index (χ1v) is 7.92. The molecule has 0 radical (unpaired) electrons. The molecule has 1 heterocycles. The fraction of sp³-hybridized carbons (Fsp3) is 0.316. The Balaban J connectivity index is 1.95. The Morgan fingerprint density at radius 1 is 1.09 bits per heavy atom. The summed E-state index contributed by atoms with van der Waals surface area (Å²) in [5.74, 6) is -1.33. The molecule has 3 rings (SSSR count). The van der Waals surface area contributed by atoms with Crippen molar-refractivity contribution in [3.05, 3.63) is 71.5 Å². The molecule has 2 aromatic rings. The fourth-order valence-electron chi connectivity index (χ4n) is 3.34. The fourth-order valence-corrected chi connectivity index (χ4v) is 3.34. The van der Waals surface area contributed by atoms with Gasteiger partial charge in [0.25, 0.3) is 0 Å². The maximum Gasteiger partial charge on any atom is 0.307 e. The Morgan fingerprint density at radius 3 is 2.39 bits per heavy atom. The van der Waals surface area contributed by atoms with Crippen molar-refractivity contribution in [1.82, 2.24) is 4.90 Å². The van der Waals surface area contributed by atoms with Gasteiger partial charge in [-0.1, -0.05) is 42.5 Å². The molecule has 0 spiro atoms. The van der Waals surface area contributed by atoms with Crippen LogP contribution in [0.1, 0.15) is 30.0 Å². The van der Waals surface area contributed by atoms with Gasteiger partial charge in [0.2, 0.25) is 0 Å². The molecule has 23 heavy (non-hydrogen) atoms. The molecule has 1 aliphatic heterocycles. The van der Waals surface area contributed by atoms with Crippen LogP contribution in [0.2, 0.25) is 0 Å². The van der Waals surface area contributed by atoms with Gasteiger partial charge in [-0.3, -0.25) is 9.69 Å². The number of halogens is 1. The highest BCUT2D eigenvalue weighted by molar-refractivity contribution is 5.70. The Hall–Kier alpha value is -2.20. The van der Waals surface area contributed by atoms with Crippen LogP contribution >= 0.6 is 0 Å². The summed E-state index contributed by atoms with van der Waals surface area (Å²) < 4.78 is 13.3. The van der Waals surface area contributed by atoms with Gasteiger partial charge in [-0.05, 0) is 42.6 Å². The summed E-state index contributed by atoms with van der Waals surface area (Å²) in [6.45, 7) is 1.37. The van der Waals surface area contributed by atoms with Gasteiger partial charge < -0.3 is 5.11 Å². The maximum atomic E-state index is 13.3. The van der Waals surface area contributed by atoms with Crippen molar-refractivity contribution >= 4 is 5.97 Å². The number of carbonyl (C=O) groups is 1. The molecule has 1 fully saturated rings. The summed E-state index contributed by atoms with van der Waals surface area (Å²) in [5, 5.41) is 9.34. The van der Waals surface area contributed by atoms with Crippen LogP contribution in [-0.2, 0) is 4.79 Å². The molecule has 3 nitrogen and oxygen atoms in total. The van der Waals surface area contributed by atoms with Crippen LogP contribution in [0.3, 0.4) is 0 Å². The number of aliphatic carboxylic acids is 1. The topological polar surface area (TPSA) is 40.5 Å². The van der Waals surface area contributed by atoms with E-state index in [2.05, 4.69) is 4.90 Å². The molecule has 2 unspecified atom stereocenters. The number of carboxylic acids is 1. The van der Waals surface area contributed by atoms with E-state index in [1.165, 1.54) is 12.1 Å². The van der Waals surface area contributed by atoms with Crippen LogP contribution in [0, 0.1) is 11.7 Å². The van der Waals surface area contributed by atoms with Gasteiger partial charge in [-0.2, -0.15) is 0 Å². The first kappa shape index (κ1) is 15.7. The third-order valence-electron chi connectivity index (χ3n) is 4.47. The lowest BCUT2D eigenvalue weighted by Gasteiger charge is -2.37. The summed E-state index contributed by atoms with van der Waals surface area (Å²) in [5.41, 5.74) is 2.09. The first-order valence-electron chi connectivity index (χ1n) is 7.92. The van der Waals surface area contributed by atoms with Crippen LogP contribution < -0.4 is 0 Å². The van der Waals surface area contributed by atoms with E-state index in [-0.39, 0.29) is 17.8 Å². The number of nitrogens with zero attached hydrogens (tertiary/aromatic N) is 1. The molecule has 0 amide bonds. The van der Waals surface area contributed by atoms with Crippen molar-refractivity contribution in [2.45, 2.75) is 18.9 Å². The lowest BCUT2D eigenvalue weighted by Crippen LogP contribution is -2.41. The number of piperidine rings is 1. The van der Waals surface area contributed by atoms with Gasteiger partial charge in [-0.15, -0.1) is 0 Å². The molecule has 4 heteroatoms. The molecular formula is C19H20FNO2. The highest BCUT2D eigenvalue weighted by atomic mass is 19.1. The van der Waals surface area contributed by atoms with Crippen LogP contribution in [-0.4, -0.2) is 29.1 Å². The Kier molecular flexibility index (Phi) is 4.72. The molecule has 1 saturated heterocycles. The minimum atomic E-state index is -0.736. The van der Waals surface area contributed by atoms with E-state index in [1.807, 2.05) is 30.3 Å². The monoisotopic (exact) mass is 313 g/mol. The molecule has 0 aliphatic carbocycles. The van der Waals surface area contributed by atoms with Gasteiger partial charge in [0.15, 0.2) is 0 Å². The minimum Gasteiger partial charge on any atom is -0.481 e. The SMILES string of the molecule is O=C(O)C1CCCN(C(c2ccccc2)c2ccc(F)cc2)C1. The highest BCUT2D eigenvalue weighted by Gasteiger charge is 2.31. The Labute approximate surface area is 135 Å². The molecule has 2 atom stereocenters. The van der Waals surface area contributed by atoms with E-state index >= 15 is 0 Å². The Morgan fingerprint density at radius 2 is 1.74 bits per heavy atom. The molecule has 1 N–H and O–H groups in total. The van der Waals surface area contributed by atoms with Crippen LogP contribution in [0.25, 0.3) is 0 Å². The predicted molar refractivity (Wildman–Crippen MR) is 86.6 cm³/mol. The number of hydrogen-bond donors (Lipinski definition) is 1. The molecule has 1 aliphatic rings. The zero-order valence-electron chi connectivity index (χ0n) is 12.9. The zero-order chi connectivity index (χ0) is 16.2. The molecule has 0 saturated carbocycles. The van der Waals surface area contributed by atoms with Gasteiger partial charge in [0, 0.05) is 6.54 Å². The van der Waals surface area contributed by atoms with E-state index in [0.29, 0.717) is 6.54 Å². The van der Waals surface area contributed by atoms with Gasteiger partial charge in [0.1, 0.15) is 5.82 Å². The first-order chi connectivity index (χ1) is 11.1. The minimum absolute atomic E-state index is 0.0426. The van der Waals surface area contributed by atoms with Crippen LogP contribution in [0.15, 0.2) is 54.6 Å². The van der Waals surface area contributed by atoms with Crippen LogP contribution in [0.4, 0.5) is 4.39 Å². The highest BCUT2D eigenvalue weighted by Crippen LogP contribution is 2.32. The van der Waals surface area contributed by atoms with Crippen molar-refractivity contribution in [2.75, 3.05) is 13.1 Å². The average molecular weight is 313 g/mol. The molecule has 0 aromatic heterocycles. The van der Waals surface area contributed by atoms with E-state index in [0.717, 1.165) is 30.5 Å². The lowest BCUT2D eigenvalue weighted by atomic mass is 9.91. The van der Waals surface area contributed by atoms with Gasteiger partial charge in [0.05, 0.1) is 12.0 Å². The Bertz CT molecular complexity index is 657. The van der Waals surface area contributed by atoms with Crippen molar-refractivity contribution in [3.8, 4) is 0 Å². The lowest BCUT2D eigenvalue weighted by molar-refractivity contribution is -0.143. The predicted octanol–water partition coefficient (Wildman–Crippen LogP) is 3.71. The molecule has 120 valence electrons. The summed E-state index contributed by atoms with van der Waals surface area (Å²) >= 11 is 0. The average Bonchev–Trinajstić information content (AvgIpc) is 2.58. The van der Waals surface area contributed by atoms with Gasteiger partial charge >= 0.3 is 5.97 Å². The second kappa shape index (κ2) is 6.92. The second-order valence-corrected chi connectivity index (χ2v) is 6.04. The third kappa shape index (κ3) is 3.59. The van der Waals surface area contributed by atoms with Crippen molar-refractivity contribution in [2.24, 2.45) is 5.92 Å². The maximum absolute atomic E-state index is 13.3. The van der Waals surface area contributed by atoms with E-state index in [4.69, 9.17) is 0 Å². The number of rotatable bonds is 4. The number of benzene rings is 2. The smallest absolute Gasteiger partial charge is 0.307 e. The molecule has 2 aromatic carbocycles. The zero-order valence-corrected chi connectivity index (χ0v) is 12.9. The standard InChI is InChI=1S/C19H20FNO2/c20-17-10-8-15(9-11-17)18(14-5-2-1-3-6-14)21-12-4-7-16(13-21)19(22)23/h1-3,5-6,8-11,16,18H,4,7,12-13H2,(H,22,23). The van der Waals surface area contributed by atoms with Crippen molar-refractivity contribution in [3.63, 3.8) is 0 Å². The van der Waals surface area contributed by atoms with E-state index in [9.17, 15) is 14.3 Å². The number of likely N-dealkylation sites (tertiary alicyclic amines) is 1. The number of carboxylic acid groups (broad SMARTS) is 1. The third-order valence-corrected chi connectivity index (χ3v) is 4.47. The van der Waals surface area contributed by atoms with Crippen molar-refractivity contribution in [1.29, 1.82) is 0 Å². The van der Waals surface area contributed by atoms with E-state index in [1.54, 1.807) is 12.1 Å². The van der Waals surface area contributed by atoms with Crippen molar-refractivity contribution < 1.29 is 14.3 Å². The van der Waals surface area contributed by atoms with Gasteiger partial charge in [-0.25, -0.2) is 4.39 Å². The summed E-state index contributed by atoms with van der Waals surface area (Å²) in [7, 11) is 0. The summed E-state index contributed by atoms with van der Waals surface area (Å²) in [4.78, 5) is 13.6. The summed E-state index contributed by atoms with van der Waals surface area (Å²) in [6, 6.07) is 16.5. The molecule has 0 bridgehead atoms. The van der Waals surface area contributed by atoms with Crippen LogP contribution in [0.5, 0.6) is 0 Å².